The fraction of sp³-hybridized carbons (Fsp3) is 1.00. The molecule has 0 radical (unpaired) electrons. The molecule has 0 saturated carbocycles. The summed E-state index contributed by atoms with van der Waals surface area (Å²) in [6.07, 6.45) is 0. The molecule has 0 aromatic carbocycles. The third kappa shape index (κ3) is 2.28. The molecule has 2 N–H and O–H groups in total. The second-order valence-corrected chi connectivity index (χ2v) is 2.34. The summed E-state index contributed by atoms with van der Waals surface area (Å²) < 4.78 is 0. The van der Waals surface area contributed by atoms with Gasteiger partial charge in [-0.15, -0.1) is 4.91 Å². The van der Waals surface area contributed by atoms with Crippen molar-refractivity contribution in [1.29, 1.82) is 0 Å². The lowest BCUT2D eigenvalue weighted by atomic mass is 10.4. The SMILES string of the molecule is CN1CCN(N=O)CC1.O. The second kappa shape index (κ2) is 4.19. The van der Waals surface area contributed by atoms with Gasteiger partial charge >= 0.3 is 0 Å². The highest BCUT2D eigenvalue weighted by Gasteiger charge is 2.11. The van der Waals surface area contributed by atoms with E-state index in [1.54, 1.807) is 5.01 Å². The molecule has 5 nitrogen and oxygen atoms in total. The van der Waals surface area contributed by atoms with Gasteiger partial charge in [0.25, 0.3) is 0 Å². The van der Waals surface area contributed by atoms with Crippen LogP contribution in [0.4, 0.5) is 0 Å². The molecule has 5 heteroatoms. The molecule has 1 saturated heterocycles. The first kappa shape index (κ1) is 9.32. The van der Waals surface area contributed by atoms with Crippen LogP contribution < -0.4 is 0 Å². The molecule has 0 bridgehead atoms. The molecule has 60 valence electrons. The molecule has 1 aliphatic heterocycles. The Bertz CT molecular complexity index is 101. The summed E-state index contributed by atoms with van der Waals surface area (Å²) in [6, 6.07) is 0. The Morgan fingerprint density at radius 2 is 1.70 bits per heavy atom. The number of nitroso groups, excluding NO2 is 1. The molecule has 1 rings (SSSR count). The number of piperazine rings is 1. The van der Waals surface area contributed by atoms with Crippen molar-refractivity contribution in [1.82, 2.24) is 9.91 Å². The minimum Gasteiger partial charge on any atom is -0.412 e. The van der Waals surface area contributed by atoms with Crippen LogP contribution in [0.5, 0.6) is 0 Å². The lowest BCUT2D eigenvalue weighted by Gasteiger charge is -2.27. The van der Waals surface area contributed by atoms with Crippen LogP contribution in [0.3, 0.4) is 0 Å². The highest BCUT2D eigenvalue weighted by atomic mass is 16.3. The molecule has 0 aromatic rings. The van der Waals surface area contributed by atoms with Crippen LogP contribution in [-0.4, -0.2) is 48.6 Å². The number of rotatable bonds is 1. The van der Waals surface area contributed by atoms with Crippen molar-refractivity contribution in [3.63, 3.8) is 0 Å². The van der Waals surface area contributed by atoms with E-state index < -0.39 is 0 Å². The number of likely N-dealkylation sites (N-methyl/N-ethyl adjacent to an activating group) is 1. The lowest BCUT2D eigenvalue weighted by molar-refractivity contribution is 0.157. The van der Waals surface area contributed by atoms with E-state index in [2.05, 4.69) is 10.2 Å². The Morgan fingerprint density at radius 3 is 2.10 bits per heavy atom. The standard InChI is InChI=1S/C5H11N3O.H2O/c1-7-2-4-8(6-9)5-3-7;/h2-5H2,1H3;1H2. The maximum Gasteiger partial charge on any atom is 0.0524 e. The van der Waals surface area contributed by atoms with Crippen LogP contribution in [0.25, 0.3) is 0 Å². The number of hydrogen-bond donors (Lipinski definition) is 0. The molecule has 1 fully saturated rings. The fourth-order valence-electron chi connectivity index (χ4n) is 0.878. The third-order valence-corrected chi connectivity index (χ3v) is 1.60. The fourth-order valence-corrected chi connectivity index (χ4v) is 0.878. The minimum absolute atomic E-state index is 0. The first-order chi connectivity index (χ1) is 4.33. The van der Waals surface area contributed by atoms with Gasteiger partial charge in [-0.2, -0.15) is 0 Å². The van der Waals surface area contributed by atoms with Gasteiger partial charge < -0.3 is 10.4 Å². The Balaban J connectivity index is 0.000000810. The van der Waals surface area contributed by atoms with E-state index in [0.29, 0.717) is 0 Å². The first-order valence-corrected chi connectivity index (χ1v) is 3.09. The van der Waals surface area contributed by atoms with Crippen molar-refractivity contribution >= 4 is 0 Å². The van der Waals surface area contributed by atoms with Crippen LogP contribution in [0.15, 0.2) is 5.29 Å². The molecule has 1 aliphatic rings. The summed E-state index contributed by atoms with van der Waals surface area (Å²) in [5.74, 6) is 0. The monoisotopic (exact) mass is 147 g/mol. The zero-order chi connectivity index (χ0) is 6.69. The summed E-state index contributed by atoms with van der Waals surface area (Å²) >= 11 is 0. The maximum absolute atomic E-state index is 9.92. The van der Waals surface area contributed by atoms with Gasteiger partial charge in [-0.3, -0.25) is 5.01 Å². The Morgan fingerprint density at radius 1 is 1.20 bits per heavy atom. The maximum atomic E-state index is 9.92. The van der Waals surface area contributed by atoms with Crippen LogP contribution in [0.1, 0.15) is 0 Å². The topological polar surface area (TPSA) is 67.4 Å². The lowest BCUT2D eigenvalue weighted by Crippen LogP contribution is -2.41. The number of nitrogens with zero attached hydrogens (tertiary/aromatic N) is 3. The van der Waals surface area contributed by atoms with Gasteiger partial charge in [0.1, 0.15) is 0 Å². The second-order valence-electron chi connectivity index (χ2n) is 2.34. The van der Waals surface area contributed by atoms with E-state index >= 15 is 0 Å². The predicted octanol–water partition coefficient (Wildman–Crippen LogP) is -0.910. The average Bonchev–Trinajstić information content (AvgIpc) is 1.90. The summed E-state index contributed by atoms with van der Waals surface area (Å²) in [5, 5.41) is 4.39. The molecule has 10 heavy (non-hydrogen) atoms. The van der Waals surface area contributed by atoms with Crippen LogP contribution in [0, 0.1) is 4.91 Å². The molecule has 0 unspecified atom stereocenters. The third-order valence-electron chi connectivity index (χ3n) is 1.60. The van der Waals surface area contributed by atoms with Crippen molar-refractivity contribution in [2.45, 2.75) is 0 Å². The molecule has 0 atom stereocenters. The van der Waals surface area contributed by atoms with E-state index in [1.165, 1.54) is 0 Å². The van der Waals surface area contributed by atoms with Crippen molar-refractivity contribution in [3.05, 3.63) is 4.91 Å². The minimum atomic E-state index is 0. The molecule has 0 amide bonds. The zero-order valence-electron chi connectivity index (χ0n) is 6.08. The quantitative estimate of drug-likeness (QED) is 0.451. The van der Waals surface area contributed by atoms with Gasteiger partial charge in [0.05, 0.1) is 18.4 Å². The predicted molar refractivity (Wildman–Crippen MR) is 38.5 cm³/mol. The average molecular weight is 147 g/mol. The Kier molecular flexibility index (Phi) is 3.90. The Labute approximate surface area is 59.9 Å². The molecule has 0 aromatic heterocycles. The van der Waals surface area contributed by atoms with Crippen LogP contribution in [-0.2, 0) is 0 Å². The van der Waals surface area contributed by atoms with Crippen molar-refractivity contribution in [2.75, 3.05) is 33.2 Å². The Hall–Kier alpha value is -0.680. The normalized spacial score (nSPS) is 19.9. The van der Waals surface area contributed by atoms with E-state index in [1.807, 2.05) is 7.05 Å². The zero-order valence-corrected chi connectivity index (χ0v) is 6.08. The van der Waals surface area contributed by atoms with Gasteiger partial charge in [-0.05, 0) is 7.05 Å². The van der Waals surface area contributed by atoms with Crippen LogP contribution >= 0.6 is 0 Å². The summed E-state index contributed by atoms with van der Waals surface area (Å²) in [5.41, 5.74) is 0. The van der Waals surface area contributed by atoms with Gasteiger partial charge in [0.15, 0.2) is 0 Å². The largest absolute Gasteiger partial charge is 0.412 e. The van der Waals surface area contributed by atoms with Gasteiger partial charge in [0.2, 0.25) is 0 Å². The van der Waals surface area contributed by atoms with Crippen molar-refractivity contribution < 1.29 is 5.48 Å². The van der Waals surface area contributed by atoms with Gasteiger partial charge in [0, 0.05) is 13.1 Å². The van der Waals surface area contributed by atoms with E-state index in [4.69, 9.17) is 0 Å². The molecule has 0 aliphatic carbocycles. The van der Waals surface area contributed by atoms with Crippen molar-refractivity contribution in [3.8, 4) is 0 Å². The smallest absolute Gasteiger partial charge is 0.0524 e. The first-order valence-electron chi connectivity index (χ1n) is 3.09. The van der Waals surface area contributed by atoms with Gasteiger partial charge in [-0.25, -0.2) is 0 Å². The van der Waals surface area contributed by atoms with E-state index in [-0.39, 0.29) is 5.48 Å². The summed E-state index contributed by atoms with van der Waals surface area (Å²) in [4.78, 5) is 12.1. The highest BCUT2D eigenvalue weighted by Crippen LogP contribution is 1.97. The molecular weight excluding hydrogens is 134 g/mol. The number of hydrogen-bond acceptors (Lipinski definition) is 3. The van der Waals surface area contributed by atoms with Crippen molar-refractivity contribution in [2.24, 2.45) is 5.29 Å². The molecular formula is C5H13N3O2. The van der Waals surface area contributed by atoms with E-state index in [9.17, 15) is 4.91 Å². The summed E-state index contributed by atoms with van der Waals surface area (Å²) in [6.45, 7) is 3.46. The van der Waals surface area contributed by atoms with Gasteiger partial charge in [-0.1, -0.05) is 0 Å². The highest BCUT2D eigenvalue weighted by molar-refractivity contribution is 4.64. The molecule has 1 heterocycles. The molecule has 0 spiro atoms. The van der Waals surface area contributed by atoms with E-state index in [0.717, 1.165) is 26.2 Å². The summed E-state index contributed by atoms with van der Waals surface area (Å²) in [7, 11) is 2.04. The van der Waals surface area contributed by atoms with Crippen LogP contribution in [0.2, 0.25) is 0 Å².